The van der Waals surface area contributed by atoms with Gasteiger partial charge in [0.15, 0.2) is 0 Å². The van der Waals surface area contributed by atoms with Crippen LogP contribution >= 0.6 is 11.3 Å². The predicted molar refractivity (Wildman–Crippen MR) is 384 cm³/mol. The van der Waals surface area contributed by atoms with Crippen molar-refractivity contribution in [3.63, 3.8) is 0 Å². The summed E-state index contributed by atoms with van der Waals surface area (Å²) in [5.41, 5.74) is 30.8. The molecule has 0 radical (unpaired) electrons. The van der Waals surface area contributed by atoms with Gasteiger partial charge in [-0.1, -0.05) is 288 Å². The molecule has 444 valence electrons. The van der Waals surface area contributed by atoms with Crippen molar-refractivity contribution in [3.8, 4) is 55.6 Å². The van der Waals surface area contributed by atoms with Crippen LogP contribution in [0.4, 0.5) is 17.1 Å². The lowest BCUT2D eigenvalue weighted by atomic mass is 9.69. The molecule has 11 aromatic rings. The third-order valence-electron chi connectivity index (χ3n) is 19.2. The summed E-state index contributed by atoms with van der Waals surface area (Å²) in [4.78, 5) is 2.78. The maximum Gasteiger partial charge on any atom is 0.0625 e. The molecule has 1 aromatic heterocycles. The van der Waals surface area contributed by atoms with E-state index in [1.165, 1.54) is 154 Å². The third-order valence-corrected chi connectivity index (χ3v) is 20.3. The van der Waals surface area contributed by atoms with Crippen LogP contribution in [-0.2, 0) is 38.9 Å². The molecule has 0 fully saturated rings. The molecule has 0 spiro atoms. The van der Waals surface area contributed by atoms with Crippen LogP contribution in [0, 0.1) is 0 Å². The van der Waals surface area contributed by atoms with Crippen LogP contribution in [0.2, 0.25) is 0 Å². The monoisotopic (exact) mass is 1170 g/mol. The number of anilines is 3. The van der Waals surface area contributed by atoms with Crippen molar-refractivity contribution >= 4 is 48.6 Å². The minimum absolute atomic E-state index is 0.0190. The van der Waals surface area contributed by atoms with Gasteiger partial charge >= 0.3 is 0 Å². The molecule has 0 bridgehead atoms. The number of hydrogen-bond donors (Lipinski definition) is 0. The molecule has 13 rings (SSSR count). The Morgan fingerprint density at radius 3 is 1.27 bits per heavy atom. The molecule has 0 amide bonds. The standard InChI is InChI=1S/C86H89NS/c1-81(2,3)62-39-58(40-63(48-62)82(4,5)6)54-33-34-56-37-61-38-57(60-43-66(85(13,14)15)50-67(44-60)86(16,17)18)47-73-76(61)78(70(56)45-54)68-36-35-55(59-41-64(83(7,8)9)49-65(42-59)84(10,11)12)46-72(68)87(73)80-71(52-27-21-19-22-28-52)51-75-79(69-31-25-26-32-74(69)88-75)77(80)53-29-23-20-24-30-53/h19-36,38-51,78H,37H2,1-18H3. The number of rotatable bonds is 6. The number of nitrogens with zero attached hydrogens (tertiary/aromatic N) is 1. The minimum atomic E-state index is -0.0628. The summed E-state index contributed by atoms with van der Waals surface area (Å²) in [5, 5.41) is 2.59. The summed E-state index contributed by atoms with van der Waals surface area (Å²) in [5.74, 6) is -0.0564. The Kier molecular flexibility index (Phi) is 14.1. The summed E-state index contributed by atoms with van der Waals surface area (Å²) in [7, 11) is 0. The van der Waals surface area contributed by atoms with Crippen molar-refractivity contribution in [3.05, 3.63) is 255 Å². The van der Waals surface area contributed by atoms with Crippen molar-refractivity contribution in [2.24, 2.45) is 0 Å². The van der Waals surface area contributed by atoms with Crippen LogP contribution in [0.15, 0.2) is 194 Å². The molecule has 0 saturated heterocycles. The van der Waals surface area contributed by atoms with E-state index in [4.69, 9.17) is 0 Å². The first-order valence-electron chi connectivity index (χ1n) is 32.2. The summed E-state index contributed by atoms with van der Waals surface area (Å²) < 4.78 is 2.58. The fourth-order valence-electron chi connectivity index (χ4n) is 13.8. The van der Waals surface area contributed by atoms with E-state index in [-0.39, 0.29) is 38.4 Å². The average molecular weight is 1170 g/mol. The maximum atomic E-state index is 2.78. The van der Waals surface area contributed by atoms with Crippen molar-refractivity contribution in [1.82, 2.24) is 0 Å². The van der Waals surface area contributed by atoms with Gasteiger partial charge in [-0.3, -0.25) is 0 Å². The fourth-order valence-corrected chi connectivity index (χ4v) is 14.9. The smallest absolute Gasteiger partial charge is 0.0625 e. The predicted octanol–water partition coefficient (Wildman–Crippen LogP) is 25.0. The molecule has 88 heavy (non-hydrogen) atoms. The van der Waals surface area contributed by atoms with E-state index in [2.05, 4.69) is 324 Å². The van der Waals surface area contributed by atoms with Gasteiger partial charge in [-0.25, -0.2) is 0 Å². The molecular formula is C86H89NS. The molecule has 10 aromatic carbocycles. The highest BCUT2D eigenvalue weighted by atomic mass is 32.1. The molecule has 1 unspecified atom stereocenters. The van der Waals surface area contributed by atoms with E-state index < -0.39 is 0 Å². The van der Waals surface area contributed by atoms with Crippen LogP contribution in [0.3, 0.4) is 0 Å². The van der Waals surface area contributed by atoms with Crippen LogP contribution in [-0.4, -0.2) is 0 Å². The second-order valence-corrected chi connectivity index (χ2v) is 33.0. The lowest BCUT2D eigenvalue weighted by molar-refractivity contribution is 0.568. The quantitative estimate of drug-likeness (QED) is 0.160. The first-order chi connectivity index (χ1) is 41.4. The van der Waals surface area contributed by atoms with Gasteiger partial charge in [0.05, 0.1) is 17.1 Å². The highest BCUT2D eigenvalue weighted by Gasteiger charge is 2.41. The number of hydrogen-bond acceptors (Lipinski definition) is 2. The van der Waals surface area contributed by atoms with Gasteiger partial charge in [0.25, 0.3) is 0 Å². The van der Waals surface area contributed by atoms with Gasteiger partial charge < -0.3 is 4.90 Å². The van der Waals surface area contributed by atoms with Gasteiger partial charge in [0, 0.05) is 37.2 Å². The van der Waals surface area contributed by atoms with Gasteiger partial charge in [0.2, 0.25) is 0 Å². The summed E-state index contributed by atoms with van der Waals surface area (Å²) in [6, 6.07) is 76.9. The summed E-state index contributed by atoms with van der Waals surface area (Å²) in [6.45, 7) is 42.5. The van der Waals surface area contributed by atoms with E-state index >= 15 is 0 Å². The van der Waals surface area contributed by atoms with Crippen LogP contribution in [0.25, 0.3) is 75.8 Å². The Balaban J connectivity index is 1.21. The van der Waals surface area contributed by atoms with Gasteiger partial charge in [-0.15, -0.1) is 11.3 Å². The zero-order valence-electron chi connectivity index (χ0n) is 55.6. The molecule has 1 nitrogen and oxygen atoms in total. The van der Waals surface area contributed by atoms with Crippen LogP contribution in [0.5, 0.6) is 0 Å². The SMILES string of the molecule is CC(C)(C)c1cc(-c2ccc3c(c2)C2c4ccc(-c5cc(C(C)(C)C)cc(C(C)(C)C)c5)cc4N(c4c(-c5ccccc5)cc5sc6ccccc6c5c4-c4ccccc4)c4cc(-c5cc(C(C)(C)C)cc(C(C)(C)C)c5)cc(c42)C3)cc(C(C)(C)C)c1. The first-order valence-corrected chi connectivity index (χ1v) is 33.0. The van der Waals surface area contributed by atoms with Gasteiger partial charge in [0.1, 0.15) is 0 Å². The molecule has 0 saturated carbocycles. The largest absolute Gasteiger partial charge is 0.309 e. The third kappa shape index (κ3) is 10.7. The zero-order valence-corrected chi connectivity index (χ0v) is 56.4. The Labute approximate surface area is 530 Å². The minimum Gasteiger partial charge on any atom is -0.309 e. The van der Waals surface area contributed by atoms with E-state index in [9.17, 15) is 0 Å². The van der Waals surface area contributed by atoms with E-state index in [1.54, 1.807) is 0 Å². The molecule has 1 aliphatic carbocycles. The van der Waals surface area contributed by atoms with Gasteiger partial charge in [-0.2, -0.15) is 0 Å². The van der Waals surface area contributed by atoms with Crippen LogP contribution in [0.1, 0.15) is 192 Å². The molecular weight excluding hydrogens is 1080 g/mol. The highest BCUT2D eigenvalue weighted by molar-refractivity contribution is 7.26. The molecule has 1 atom stereocenters. The zero-order chi connectivity index (χ0) is 62.4. The molecule has 1 aliphatic heterocycles. The number of thiophene rings is 1. The molecule has 2 heteroatoms. The molecule has 0 N–H and O–H groups in total. The number of benzene rings is 10. The van der Waals surface area contributed by atoms with E-state index in [1.807, 2.05) is 11.3 Å². The van der Waals surface area contributed by atoms with Crippen molar-refractivity contribution in [2.75, 3.05) is 4.90 Å². The van der Waals surface area contributed by atoms with Crippen LogP contribution < -0.4 is 4.90 Å². The maximum absolute atomic E-state index is 2.78. The Hall–Kier alpha value is -7.78. The summed E-state index contributed by atoms with van der Waals surface area (Å²) in [6.07, 6.45) is 0.824. The Morgan fingerprint density at radius 1 is 0.330 bits per heavy atom. The molecule has 2 aliphatic rings. The topological polar surface area (TPSA) is 3.24 Å². The molecule has 2 heterocycles. The lowest BCUT2D eigenvalue weighted by Gasteiger charge is -2.44. The second-order valence-electron chi connectivity index (χ2n) is 31.9. The Bertz CT molecular complexity index is 4460. The first kappa shape index (κ1) is 59.2. The normalized spacial score (nSPS) is 14.5. The van der Waals surface area contributed by atoms with Crippen molar-refractivity contribution in [1.29, 1.82) is 0 Å². The number of fused-ring (bicyclic) bond motifs is 7. The fraction of sp³-hybridized carbons (Fsp3) is 0.302. The van der Waals surface area contributed by atoms with E-state index in [0.29, 0.717) is 0 Å². The average Bonchev–Trinajstić information content (AvgIpc) is 0.911. The Morgan fingerprint density at radius 2 is 0.761 bits per heavy atom. The highest BCUT2D eigenvalue weighted by Crippen LogP contribution is 2.61. The van der Waals surface area contributed by atoms with Gasteiger partial charge in [-0.05, 0) is 175 Å². The second kappa shape index (κ2) is 20.9. The van der Waals surface area contributed by atoms with Crippen molar-refractivity contribution < 1.29 is 0 Å². The lowest BCUT2D eigenvalue weighted by Crippen LogP contribution is -2.27. The summed E-state index contributed by atoms with van der Waals surface area (Å²) >= 11 is 1.91. The van der Waals surface area contributed by atoms with Crippen molar-refractivity contribution in [2.45, 2.75) is 169 Å². The van der Waals surface area contributed by atoms with E-state index in [0.717, 1.165) is 6.42 Å².